The molecule has 28 heavy (non-hydrogen) atoms. The Morgan fingerprint density at radius 1 is 1.36 bits per heavy atom. The molecule has 0 aliphatic carbocycles. The van der Waals surface area contributed by atoms with E-state index in [0.717, 1.165) is 26.9 Å². The summed E-state index contributed by atoms with van der Waals surface area (Å²) in [4.78, 5) is 29.2. The lowest BCUT2D eigenvalue weighted by Gasteiger charge is -2.22. The van der Waals surface area contributed by atoms with E-state index < -0.39 is 0 Å². The molecule has 2 aromatic heterocycles. The molecule has 1 N–H and O–H groups in total. The van der Waals surface area contributed by atoms with Crippen LogP contribution in [-0.2, 0) is 4.79 Å². The monoisotopic (exact) mass is 413 g/mol. The number of rotatable bonds is 3. The molecule has 0 saturated heterocycles. The fraction of sp³-hybridized carbons (Fsp3) is 0.286. The van der Waals surface area contributed by atoms with Gasteiger partial charge in [-0.2, -0.15) is 5.10 Å². The van der Waals surface area contributed by atoms with Crippen LogP contribution in [0.15, 0.2) is 39.5 Å². The van der Waals surface area contributed by atoms with Crippen LogP contribution in [-0.4, -0.2) is 21.6 Å². The molecular formula is C21H20ClN3O2S. The third-order valence-corrected chi connectivity index (χ3v) is 6.33. The number of carbonyl (C=O) groups is 1. The molecule has 7 heteroatoms. The zero-order valence-corrected chi connectivity index (χ0v) is 17.4. The molecule has 3 heterocycles. The molecule has 1 atom stereocenters. The number of amides is 1. The van der Waals surface area contributed by atoms with E-state index in [-0.39, 0.29) is 17.5 Å². The van der Waals surface area contributed by atoms with E-state index in [9.17, 15) is 9.59 Å². The predicted molar refractivity (Wildman–Crippen MR) is 114 cm³/mol. The molecule has 1 amide bonds. The molecule has 0 bridgehead atoms. The van der Waals surface area contributed by atoms with Crippen LogP contribution in [0, 0.1) is 13.8 Å². The molecule has 0 saturated carbocycles. The Morgan fingerprint density at radius 2 is 2.14 bits per heavy atom. The normalized spacial score (nSPS) is 16.6. The van der Waals surface area contributed by atoms with Crippen LogP contribution in [0.3, 0.4) is 0 Å². The van der Waals surface area contributed by atoms with Gasteiger partial charge in [0.25, 0.3) is 5.56 Å². The largest absolute Gasteiger partial charge is 0.313 e. The van der Waals surface area contributed by atoms with Gasteiger partial charge in [0.2, 0.25) is 5.91 Å². The first-order valence-electron chi connectivity index (χ1n) is 9.16. The van der Waals surface area contributed by atoms with Crippen LogP contribution >= 0.6 is 22.9 Å². The van der Waals surface area contributed by atoms with Gasteiger partial charge in [-0.05, 0) is 48.1 Å². The Balaban J connectivity index is 1.83. The van der Waals surface area contributed by atoms with Gasteiger partial charge in [0, 0.05) is 23.3 Å². The predicted octanol–water partition coefficient (Wildman–Crippen LogP) is 4.95. The number of nitrogens with one attached hydrogen (secondary N) is 1. The first-order chi connectivity index (χ1) is 13.4. The number of aromatic nitrogens is 1. The molecule has 1 aromatic carbocycles. The zero-order chi connectivity index (χ0) is 20.0. The molecule has 3 aromatic rings. The Kier molecular flexibility index (Phi) is 4.85. The van der Waals surface area contributed by atoms with E-state index in [1.807, 2.05) is 43.5 Å². The van der Waals surface area contributed by atoms with Crippen molar-refractivity contribution in [1.82, 2.24) is 9.99 Å². The molecule has 0 spiro atoms. The molecule has 1 aliphatic rings. The summed E-state index contributed by atoms with van der Waals surface area (Å²) in [5.41, 5.74) is 3.78. The van der Waals surface area contributed by atoms with Gasteiger partial charge in [-0.3, -0.25) is 9.59 Å². The van der Waals surface area contributed by atoms with Crippen LogP contribution in [0.5, 0.6) is 0 Å². The molecule has 0 fully saturated rings. The highest BCUT2D eigenvalue weighted by atomic mass is 35.5. The van der Waals surface area contributed by atoms with Crippen molar-refractivity contribution in [1.29, 1.82) is 0 Å². The number of hydrogen-bond donors (Lipinski definition) is 1. The second kappa shape index (κ2) is 7.18. The summed E-state index contributed by atoms with van der Waals surface area (Å²) >= 11 is 7.99. The summed E-state index contributed by atoms with van der Waals surface area (Å²) in [5.74, 6) is -0.0951. The van der Waals surface area contributed by atoms with Gasteiger partial charge < -0.3 is 4.98 Å². The SMILES string of the molecule is CCC(=O)N1N=C(c2c(C)c3ccsc3[nH]c2=O)CC1c1ccc(C)cc1Cl. The second-order valence-corrected chi connectivity index (χ2v) is 8.32. The number of thiophene rings is 1. The number of pyridine rings is 1. The summed E-state index contributed by atoms with van der Waals surface area (Å²) in [6, 6.07) is 7.48. The Labute approximate surface area is 171 Å². The van der Waals surface area contributed by atoms with Crippen molar-refractivity contribution in [3.8, 4) is 0 Å². The molecular weight excluding hydrogens is 394 g/mol. The first-order valence-corrected chi connectivity index (χ1v) is 10.4. The summed E-state index contributed by atoms with van der Waals surface area (Å²) in [6.07, 6.45) is 0.781. The maximum Gasteiger partial charge on any atom is 0.258 e. The second-order valence-electron chi connectivity index (χ2n) is 7.00. The minimum absolute atomic E-state index is 0.0951. The van der Waals surface area contributed by atoms with Gasteiger partial charge in [0.1, 0.15) is 4.83 Å². The number of benzene rings is 1. The lowest BCUT2D eigenvalue weighted by atomic mass is 9.95. The van der Waals surface area contributed by atoms with Gasteiger partial charge in [-0.25, -0.2) is 5.01 Å². The maximum atomic E-state index is 12.8. The summed E-state index contributed by atoms with van der Waals surface area (Å²) in [6.45, 7) is 5.71. The van der Waals surface area contributed by atoms with Crippen LogP contribution in [0.4, 0.5) is 0 Å². The maximum absolute atomic E-state index is 12.8. The van der Waals surface area contributed by atoms with Crippen LogP contribution < -0.4 is 5.56 Å². The van der Waals surface area contributed by atoms with Gasteiger partial charge in [0.15, 0.2) is 0 Å². The standard InChI is InChI=1S/C21H20ClN3O2S/c1-4-18(26)25-17(14-6-5-11(2)9-15(14)22)10-16(24-25)19-12(3)13-7-8-28-21(13)23-20(19)27/h5-9,17H,4,10H2,1-3H3,(H,23,27). The van der Waals surface area contributed by atoms with E-state index in [0.29, 0.717) is 29.1 Å². The van der Waals surface area contributed by atoms with Crippen molar-refractivity contribution in [3.63, 3.8) is 0 Å². The number of H-pyrrole nitrogens is 1. The molecule has 5 nitrogen and oxygen atoms in total. The average Bonchev–Trinajstić information content (AvgIpc) is 3.28. The fourth-order valence-corrected chi connectivity index (χ4v) is 4.92. The highest BCUT2D eigenvalue weighted by Crippen LogP contribution is 2.37. The van der Waals surface area contributed by atoms with Crippen molar-refractivity contribution in [3.05, 3.63) is 67.3 Å². The molecule has 1 unspecified atom stereocenters. The van der Waals surface area contributed by atoms with E-state index in [4.69, 9.17) is 11.6 Å². The number of halogens is 1. The third kappa shape index (κ3) is 3.06. The van der Waals surface area contributed by atoms with Gasteiger partial charge in [-0.1, -0.05) is 30.7 Å². The van der Waals surface area contributed by atoms with E-state index in [2.05, 4.69) is 10.1 Å². The quantitative estimate of drug-likeness (QED) is 0.660. The highest BCUT2D eigenvalue weighted by Gasteiger charge is 2.35. The Morgan fingerprint density at radius 3 is 2.86 bits per heavy atom. The van der Waals surface area contributed by atoms with E-state index in [1.54, 1.807) is 6.92 Å². The number of nitrogens with zero attached hydrogens (tertiary/aromatic N) is 2. The molecule has 144 valence electrons. The minimum Gasteiger partial charge on any atom is -0.313 e. The van der Waals surface area contributed by atoms with Crippen LogP contribution in [0.25, 0.3) is 10.2 Å². The summed E-state index contributed by atoms with van der Waals surface area (Å²) in [5, 5.41) is 9.64. The molecule has 0 radical (unpaired) electrons. The smallest absolute Gasteiger partial charge is 0.258 e. The number of aryl methyl sites for hydroxylation is 2. The summed E-state index contributed by atoms with van der Waals surface area (Å²) in [7, 11) is 0. The first kappa shape index (κ1) is 18.9. The van der Waals surface area contributed by atoms with Gasteiger partial charge in [0.05, 0.1) is 17.3 Å². The Hall–Kier alpha value is -2.44. The topological polar surface area (TPSA) is 65.5 Å². The van der Waals surface area contributed by atoms with E-state index >= 15 is 0 Å². The van der Waals surface area contributed by atoms with Crippen molar-refractivity contribution >= 4 is 44.8 Å². The Bertz CT molecular complexity index is 1180. The van der Waals surface area contributed by atoms with E-state index in [1.165, 1.54) is 16.3 Å². The van der Waals surface area contributed by atoms with Crippen LogP contribution in [0.1, 0.15) is 48.1 Å². The number of hydrazone groups is 1. The summed E-state index contributed by atoms with van der Waals surface area (Å²) < 4.78 is 0. The minimum atomic E-state index is -0.312. The number of aromatic amines is 1. The number of hydrogen-bond acceptors (Lipinski definition) is 4. The lowest BCUT2D eigenvalue weighted by molar-refractivity contribution is -0.132. The average molecular weight is 414 g/mol. The highest BCUT2D eigenvalue weighted by molar-refractivity contribution is 7.16. The van der Waals surface area contributed by atoms with Crippen molar-refractivity contribution in [2.24, 2.45) is 5.10 Å². The van der Waals surface area contributed by atoms with Crippen LogP contribution in [0.2, 0.25) is 5.02 Å². The fourth-order valence-electron chi connectivity index (χ4n) is 3.72. The number of carbonyl (C=O) groups excluding carboxylic acids is 1. The molecule has 4 rings (SSSR count). The third-order valence-electron chi connectivity index (χ3n) is 5.17. The van der Waals surface area contributed by atoms with Crippen molar-refractivity contribution < 1.29 is 4.79 Å². The van der Waals surface area contributed by atoms with Gasteiger partial charge >= 0.3 is 0 Å². The van der Waals surface area contributed by atoms with Crippen molar-refractivity contribution in [2.75, 3.05) is 0 Å². The van der Waals surface area contributed by atoms with Gasteiger partial charge in [-0.15, -0.1) is 11.3 Å². The van der Waals surface area contributed by atoms with Crippen molar-refractivity contribution in [2.45, 2.75) is 39.7 Å². The zero-order valence-electron chi connectivity index (χ0n) is 15.9. The number of fused-ring (bicyclic) bond motifs is 1. The molecule has 1 aliphatic heterocycles. The lowest BCUT2D eigenvalue weighted by Crippen LogP contribution is -2.26.